The number of fused-ring (bicyclic) bond motifs is 1. The van der Waals surface area contributed by atoms with Gasteiger partial charge in [0, 0.05) is 22.3 Å². The van der Waals surface area contributed by atoms with Gasteiger partial charge in [-0.05, 0) is 30.5 Å². The number of hydrogen-bond acceptors (Lipinski definition) is 2. The van der Waals surface area contributed by atoms with Gasteiger partial charge in [0.2, 0.25) is 0 Å². The van der Waals surface area contributed by atoms with Crippen molar-refractivity contribution in [2.24, 2.45) is 5.10 Å². The molecule has 1 amide bonds. The molecule has 0 saturated heterocycles. The number of hydrazone groups is 1. The van der Waals surface area contributed by atoms with Gasteiger partial charge in [-0.25, -0.2) is 5.43 Å². The van der Waals surface area contributed by atoms with Gasteiger partial charge in [0.25, 0.3) is 5.91 Å². The van der Waals surface area contributed by atoms with Crippen molar-refractivity contribution in [2.45, 2.75) is 13.5 Å². The van der Waals surface area contributed by atoms with E-state index in [0.717, 1.165) is 16.5 Å². The number of carbonyl (C=O) groups is 1. The van der Waals surface area contributed by atoms with Crippen molar-refractivity contribution in [3.05, 3.63) is 71.4 Å². The van der Waals surface area contributed by atoms with Crippen LogP contribution in [0.5, 0.6) is 0 Å². The first-order valence-corrected chi connectivity index (χ1v) is 7.65. The molecule has 1 aromatic heterocycles. The highest BCUT2D eigenvalue weighted by Crippen LogP contribution is 2.16. The molecule has 1 N–H and O–H groups in total. The second-order valence-corrected chi connectivity index (χ2v) is 5.62. The molecule has 3 rings (SSSR count). The number of hydrogen-bond donors (Lipinski definition) is 1. The maximum Gasteiger partial charge on any atom is 0.259 e. The topological polar surface area (TPSA) is 46.4 Å². The van der Waals surface area contributed by atoms with Crippen molar-refractivity contribution in [2.75, 3.05) is 0 Å². The van der Waals surface area contributed by atoms with Crippen LogP contribution in [0.4, 0.5) is 0 Å². The summed E-state index contributed by atoms with van der Waals surface area (Å²) in [6, 6.07) is 17.3. The fraction of sp³-hybridized carbons (Fsp3) is 0.111. The number of amides is 1. The van der Waals surface area contributed by atoms with Crippen molar-refractivity contribution >= 4 is 34.1 Å². The molecule has 0 bridgehead atoms. The van der Waals surface area contributed by atoms with Gasteiger partial charge in [-0.15, -0.1) is 0 Å². The number of halogens is 1. The van der Waals surface area contributed by atoms with Crippen LogP contribution in [0.3, 0.4) is 0 Å². The molecule has 0 spiro atoms. The van der Waals surface area contributed by atoms with Crippen LogP contribution >= 0.6 is 11.6 Å². The molecule has 4 nitrogen and oxygen atoms in total. The first-order valence-electron chi connectivity index (χ1n) is 7.27. The van der Waals surface area contributed by atoms with Gasteiger partial charge < -0.3 is 4.57 Å². The van der Waals surface area contributed by atoms with Crippen LogP contribution in [0, 0.1) is 0 Å². The molecule has 0 atom stereocenters. The number of aromatic nitrogens is 1. The molecule has 2 aromatic carbocycles. The van der Waals surface area contributed by atoms with Gasteiger partial charge in [-0.2, -0.15) is 5.10 Å². The number of nitrogens with one attached hydrogen (secondary N) is 1. The van der Waals surface area contributed by atoms with E-state index >= 15 is 0 Å². The second kappa shape index (κ2) is 6.67. The lowest BCUT2D eigenvalue weighted by molar-refractivity contribution is -0.121. The standard InChI is InChI=1S/C18H16ClN3O/c1-13(15-7-3-4-8-16(15)19)20-21-18(23)12-22-11-10-14-6-2-5-9-17(14)22/h2-11H,12H2,1H3,(H,21,23)/b20-13-. The predicted molar refractivity (Wildman–Crippen MR) is 93.7 cm³/mol. The molecule has 0 aliphatic carbocycles. The van der Waals surface area contributed by atoms with Crippen molar-refractivity contribution < 1.29 is 4.79 Å². The van der Waals surface area contributed by atoms with E-state index in [1.54, 1.807) is 6.07 Å². The third kappa shape index (κ3) is 3.43. The van der Waals surface area contributed by atoms with Crippen LogP contribution in [-0.2, 0) is 11.3 Å². The van der Waals surface area contributed by atoms with E-state index in [0.29, 0.717) is 10.7 Å². The summed E-state index contributed by atoms with van der Waals surface area (Å²) in [4.78, 5) is 12.1. The Morgan fingerprint density at radius 1 is 1.13 bits per heavy atom. The molecule has 0 radical (unpaired) electrons. The molecule has 0 saturated carbocycles. The van der Waals surface area contributed by atoms with Crippen molar-refractivity contribution in [3.63, 3.8) is 0 Å². The third-order valence-corrected chi connectivity index (χ3v) is 3.94. The quantitative estimate of drug-likeness (QED) is 0.575. The predicted octanol–water partition coefficient (Wildman–Crippen LogP) is 3.84. The Labute approximate surface area is 139 Å². The summed E-state index contributed by atoms with van der Waals surface area (Å²) in [5.74, 6) is -0.183. The Balaban J connectivity index is 1.70. The van der Waals surface area contributed by atoms with Crippen LogP contribution < -0.4 is 5.43 Å². The highest BCUT2D eigenvalue weighted by molar-refractivity contribution is 6.34. The van der Waals surface area contributed by atoms with E-state index in [1.165, 1.54) is 0 Å². The first kappa shape index (κ1) is 15.3. The van der Waals surface area contributed by atoms with Gasteiger partial charge in [0.15, 0.2) is 0 Å². The van der Waals surface area contributed by atoms with Crippen molar-refractivity contribution in [1.82, 2.24) is 9.99 Å². The van der Waals surface area contributed by atoms with E-state index in [-0.39, 0.29) is 12.5 Å². The van der Waals surface area contributed by atoms with Gasteiger partial charge in [0.05, 0.1) is 5.71 Å². The normalized spacial score (nSPS) is 11.7. The zero-order chi connectivity index (χ0) is 16.2. The molecule has 1 heterocycles. The average Bonchev–Trinajstić information content (AvgIpc) is 2.96. The Morgan fingerprint density at radius 2 is 1.87 bits per heavy atom. The summed E-state index contributed by atoms with van der Waals surface area (Å²) in [5.41, 5.74) is 5.08. The first-order chi connectivity index (χ1) is 11.1. The summed E-state index contributed by atoms with van der Waals surface area (Å²) in [7, 11) is 0. The van der Waals surface area contributed by atoms with Crippen LogP contribution in [0.1, 0.15) is 12.5 Å². The molecule has 116 valence electrons. The molecular weight excluding hydrogens is 310 g/mol. The summed E-state index contributed by atoms with van der Waals surface area (Å²) < 4.78 is 1.89. The largest absolute Gasteiger partial charge is 0.338 e. The minimum Gasteiger partial charge on any atom is -0.338 e. The Morgan fingerprint density at radius 3 is 2.70 bits per heavy atom. The molecule has 5 heteroatoms. The van der Waals surface area contributed by atoms with E-state index in [2.05, 4.69) is 10.5 Å². The van der Waals surface area contributed by atoms with E-state index in [1.807, 2.05) is 66.2 Å². The van der Waals surface area contributed by atoms with Crippen LogP contribution in [0.25, 0.3) is 10.9 Å². The Bertz CT molecular complexity index is 883. The monoisotopic (exact) mass is 325 g/mol. The summed E-state index contributed by atoms with van der Waals surface area (Å²) in [6.45, 7) is 2.03. The fourth-order valence-corrected chi connectivity index (χ4v) is 2.70. The van der Waals surface area contributed by atoms with E-state index < -0.39 is 0 Å². The Hall–Kier alpha value is -2.59. The number of carbonyl (C=O) groups excluding carboxylic acids is 1. The maximum atomic E-state index is 12.1. The number of nitrogens with zero attached hydrogens (tertiary/aromatic N) is 2. The van der Waals surface area contributed by atoms with Gasteiger partial charge in [0.1, 0.15) is 6.54 Å². The zero-order valence-electron chi connectivity index (χ0n) is 12.7. The maximum absolute atomic E-state index is 12.1. The molecule has 0 aliphatic rings. The van der Waals surface area contributed by atoms with Gasteiger partial charge in [-0.1, -0.05) is 48.0 Å². The molecule has 0 unspecified atom stereocenters. The van der Waals surface area contributed by atoms with Gasteiger partial charge >= 0.3 is 0 Å². The van der Waals surface area contributed by atoms with Gasteiger partial charge in [-0.3, -0.25) is 4.79 Å². The smallest absolute Gasteiger partial charge is 0.259 e. The highest BCUT2D eigenvalue weighted by Gasteiger charge is 2.07. The zero-order valence-corrected chi connectivity index (χ0v) is 13.4. The van der Waals surface area contributed by atoms with Crippen molar-refractivity contribution in [3.8, 4) is 0 Å². The lowest BCUT2D eigenvalue weighted by Crippen LogP contribution is -2.24. The van der Waals surface area contributed by atoms with Crippen LogP contribution in [-0.4, -0.2) is 16.2 Å². The number of benzene rings is 2. The summed E-state index contributed by atoms with van der Waals surface area (Å²) >= 11 is 6.12. The molecule has 3 aromatic rings. The van der Waals surface area contributed by atoms with E-state index in [9.17, 15) is 4.79 Å². The molecular formula is C18H16ClN3O. The average molecular weight is 326 g/mol. The minimum atomic E-state index is -0.183. The molecule has 0 fully saturated rings. The van der Waals surface area contributed by atoms with E-state index in [4.69, 9.17) is 11.6 Å². The SMILES string of the molecule is C/C(=N/NC(=O)Cn1ccc2ccccc21)c1ccccc1Cl. The number of rotatable bonds is 4. The van der Waals surface area contributed by atoms with Crippen molar-refractivity contribution in [1.29, 1.82) is 0 Å². The fourth-order valence-electron chi connectivity index (χ4n) is 2.43. The lowest BCUT2D eigenvalue weighted by atomic mass is 10.1. The third-order valence-electron chi connectivity index (χ3n) is 3.61. The van der Waals surface area contributed by atoms with Crippen LogP contribution in [0.15, 0.2) is 65.9 Å². The Kier molecular flexibility index (Phi) is 4.44. The van der Waals surface area contributed by atoms with Crippen LogP contribution in [0.2, 0.25) is 5.02 Å². The number of para-hydroxylation sites is 1. The summed E-state index contributed by atoms with van der Waals surface area (Å²) in [5, 5.41) is 5.85. The molecule has 23 heavy (non-hydrogen) atoms. The summed E-state index contributed by atoms with van der Waals surface area (Å²) in [6.07, 6.45) is 1.90. The lowest BCUT2D eigenvalue weighted by Gasteiger charge is -2.06. The second-order valence-electron chi connectivity index (χ2n) is 5.21. The minimum absolute atomic E-state index is 0.183. The highest BCUT2D eigenvalue weighted by atomic mass is 35.5. The molecule has 0 aliphatic heterocycles.